The molecule has 0 atom stereocenters. The Morgan fingerprint density at radius 3 is 2.93 bits per heavy atom. The molecule has 5 heteroatoms. The van der Waals surface area contributed by atoms with Gasteiger partial charge in [-0.1, -0.05) is 0 Å². The van der Waals surface area contributed by atoms with Gasteiger partial charge >= 0.3 is 0 Å². The maximum Gasteiger partial charge on any atom is 0.163 e. The Hall–Kier alpha value is -1.49. The average molecular weight is 205 g/mol. The van der Waals surface area contributed by atoms with Crippen molar-refractivity contribution in [3.8, 4) is 0 Å². The molecule has 0 bridgehead atoms. The molecule has 2 N–H and O–H groups in total. The van der Waals surface area contributed by atoms with Crippen LogP contribution in [0, 0.1) is 0 Å². The summed E-state index contributed by atoms with van der Waals surface area (Å²) in [6.45, 7) is 4.02. The van der Waals surface area contributed by atoms with Crippen LogP contribution in [0.2, 0.25) is 0 Å². The van der Waals surface area contributed by atoms with E-state index in [4.69, 9.17) is 5.73 Å². The van der Waals surface area contributed by atoms with Gasteiger partial charge in [0.2, 0.25) is 0 Å². The Morgan fingerprint density at radius 1 is 1.40 bits per heavy atom. The van der Waals surface area contributed by atoms with Crippen molar-refractivity contribution >= 4 is 5.65 Å². The third-order valence-corrected chi connectivity index (χ3v) is 2.28. The van der Waals surface area contributed by atoms with E-state index in [1.807, 2.05) is 24.3 Å². The molecule has 0 spiro atoms. The Kier molecular flexibility index (Phi) is 2.40. The van der Waals surface area contributed by atoms with E-state index in [0.29, 0.717) is 0 Å². The molecule has 0 fully saturated rings. The van der Waals surface area contributed by atoms with Crippen LogP contribution < -0.4 is 5.73 Å². The Morgan fingerprint density at radius 2 is 2.20 bits per heavy atom. The molecule has 15 heavy (non-hydrogen) atoms. The zero-order valence-electron chi connectivity index (χ0n) is 9.01. The molecule has 0 aliphatic carbocycles. The standard InChI is InChI=1S/C10H15N5/c1-10(2,11)5-3-8-13-14-9-4-6-12-7-15(8)9/h4,6-7H,3,5,11H2,1-2H3. The lowest BCUT2D eigenvalue weighted by Crippen LogP contribution is -2.32. The maximum atomic E-state index is 5.92. The van der Waals surface area contributed by atoms with Crippen LogP contribution in [0.25, 0.3) is 5.65 Å². The topological polar surface area (TPSA) is 69.1 Å². The summed E-state index contributed by atoms with van der Waals surface area (Å²) in [5.74, 6) is 0.914. The Balaban J connectivity index is 2.22. The van der Waals surface area contributed by atoms with Gasteiger partial charge < -0.3 is 5.73 Å². The van der Waals surface area contributed by atoms with Gasteiger partial charge in [-0.3, -0.25) is 4.40 Å². The highest BCUT2D eigenvalue weighted by atomic mass is 15.3. The van der Waals surface area contributed by atoms with Crippen molar-refractivity contribution in [2.24, 2.45) is 5.73 Å². The van der Waals surface area contributed by atoms with Crippen molar-refractivity contribution in [2.45, 2.75) is 32.2 Å². The first-order valence-corrected chi connectivity index (χ1v) is 4.99. The van der Waals surface area contributed by atoms with Gasteiger partial charge in [0.15, 0.2) is 5.65 Å². The lowest BCUT2D eigenvalue weighted by Gasteiger charge is -2.16. The van der Waals surface area contributed by atoms with Crippen LogP contribution in [0.4, 0.5) is 0 Å². The van der Waals surface area contributed by atoms with Gasteiger partial charge in [-0.25, -0.2) is 4.98 Å². The number of aromatic nitrogens is 4. The van der Waals surface area contributed by atoms with Crippen molar-refractivity contribution in [3.05, 3.63) is 24.4 Å². The zero-order valence-corrected chi connectivity index (χ0v) is 9.01. The molecule has 0 aromatic carbocycles. The molecule has 0 radical (unpaired) electrons. The minimum atomic E-state index is -0.173. The molecule has 2 rings (SSSR count). The average Bonchev–Trinajstić information content (AvgIpc) is 2.57. The van der Waals surface area contributed by atoms with E-state index < -0.39 is 0 Å². The molecular formula is C10H15N5. The monoisotopic (exact) mass is 205 g/mol. The lowest BCUT2D eigenvalue weighted by molar-refractivity contribution is 0.470. The predicted molar refractivity (Wildman–Crippen MR) is 57.4 cm³/mol. The summed E-state index contributed by atoms with van der Waals surface area (Å²) in [7, 11) is 0. The fourth-order valence-corrected chi connectivity index (χ4v) is 1.40. The number of rotatable bonds is 3. The third-order valence-electron chi connectivity index (χ3n) is 2.28. The van der Waals surface area contributed by atoms with Crippen molar-refractivity contribution in [1.82, 2.24) is 19.6 Å². The highest BCUT2D eigenvalue weighted by Crippen LogP contribution is 2.10. The molecule has 80 valence electrons. The molecule has 2 aromatic heterocycles. The van der Waals surface area contributed by atoms with Crippen LogP contribution in [0.5, 0.6) is 0 Å². The normalized spacial score (nSPS) is 12.2. The molecule has 5 nitrogen and oxygen atoms in total. The van der Waals surface area contributed by atoms with E-state index in [2.05, 4.69) is 15.2 Å². The molecule has 0 aliphatic rings. The van der Waals surface area contributed by atoms with Gasteiger partial charge in [-0.2, -0.15) is 0 Å². The van der Waals surface area contributed by atoms with Crippen LogP contribution in [-0.2, 0) is 6.42 Å². The number of aryl methyl sites for hydroxylation is 1. The smallest absolute Gasteiger partial charge is 0.163 e. The molecular weight excluding hydrogens is 190 g/mol. The molecule has 2 heterocycles. The van der Waals surface area contributed by atoms with Crippen molar-refractivity contribution < 1.29 is 0 Å². The second-order valence-electron chi connectivity index (χ2n) is 4.41. The first kappa shape index (κ1) is 10.0. The lowest BCUT2D eigenvalue weighted by atomic mass is 10.00. The van der Waals surface area contributed by atoms with Crippen molar-refractivity contribution in [1.29, 1.82) is 0 Å². The van der Waals surface area contributed by atoms with E-state index in [0.717, 1.165) is 24.3 Å². The summed E-state index contributed by atoms with van der Waals surface area (Å²) >= 11 is 0. The molecule has 0 saturated heterocycles. The van der Waals surface area contributed by atoms with Gasteiger partial charge in [0.1, 0.15) is 12.2 Å². The van der Waals surface area contributed by atoms with Crippen LogP contribution in [0.3, 0.4) is 0 Å². The summed E-state index contributed by atoms with van der Waals surface area (Å²) in [6, 6.07) is 1.84. The number of fused-ring (bicyclic) bond motifs is 1. The molecule has 0 unspecified atom stereocenters. The number of hydrogen-bond donors (Lipinski definition) is 1. The van der Waals surface area contributed by atoms with E-state index in [9.17, 15) is 0 Å². The first-order valence-electron chi connectivity index (χ1n) is 4.99. The second-order valence-corrected chi connectivity index (χ2v) is 4.41. The van der Waals surface area contributed by atoms with Crippen molar-refractivity contribution in [3.63, 3.8) is 0 Å². The highest BCUT2D eigenvalue weighted by Gasteiger charge is 2.13. The summed E-state index contributed by atoms with van der Waals surface area (Å²) in [4.78, 5) is 4.04. The van der Waals surface area contributed by atoms with Gasteiger partial charge in [-0.05, 0) is 20.3 Å². The predicted octanol–water partition coefficient (Wildman–Crippen LogP) is 0.794. The van der Waals surface area contributed by atoms with Gasteiger partial charge in [0.05, 0.1) is 0 Å². The summed E-state index contributed by atoms with van der Waals surface area (Å²) in [5, 5.41) is 8.17. The van der Waals surface area contributed by atoms with Crippen LogP contribution in [0.1, 0.15) is 26.1 Å². The van der Waals surface area contributed by atoms with Crippen LogP contribution in [-0.4, -0.2) is 25.1 Å². The number of nitrogens with two attached hydrogens (primary N) is 1. The summed E-state index contributed by atoms with van der Waals surface area (Å²) < 4.78 is 1.89. The van der Waals surface area contributed by atoms with E-state index in [1.165, 1.54) is 0 Å². The van der Waals surface area contributed by atoms with E-state index >= 15 is 0 Å². The fourth-order valence-electron chi connectivity index (χ4n) is 1.40. The van der Waals surface area contributed by atoms with Gasteiger partial charge in [0, 0.05) is 24.2 Å². The zero-order chi connectivity index (χ0) is 10.9. The molecule has 0 aliphatic heterocycles. The van der Waals surface area contributed by atoms with Crippen LogP contribution >= 0.6 is 0 Å². The van der Waals surface area contributed by atoms with Gasteiger partial charge in [0.25, 0.3) is 0 Å². The third kappa shape index (κ3) is 2.30. The quantitative estimate of drug-likeness (QED) is 0.804. The van der Waals surface area contributed by atoms with Crippen LogP contribution in [0.15, 0.2) is 18.6 Å². The fraction of sp³-hybridized carbons (Fsp3) is 0.500. The number of nitrogens with zero attached hydrogens (tertiary/aromatic N) is 4. The minimum Gasteiger partial charge on any atom is -0.326 e. The molecule has 2 aromatic rings. The first-order chi connectivity index (χ1) is 7.06. The van der Waals surface area contributed by atoms with Crippen molar-refractivity contribution in [2.75, 3.05) is 0 Å². The highest BCUT2D eigenvalue weighted by molar-refractivity contribution is 5.35. The Labute approximate surface area is 88.3 Å². The maximum absolute atomic E-state index is 5.92. The molecule has 0 saturated carbocycles. The van der Waals surface area contributed by atoms with E-state index in [-0.39, 0.29) is 5.54 Å². The van der Waals surface area contributed by atoms with E-state index in [1.54, 1.807) is 12.5 Å². The molecule has 0 amide bonds. The van der Waals surface area contributed by atoms with Gasteiger partial charge in [-0.15, -0.1) is 10.2 Å². The SMILES string of the molecule is CC(C)(N)CCc1nnc2ccncn12. The summed E-state index contributed by atoms with van der Waals surface area (Å²) in [5.41, 5.74) is 6.58. The Bertz CT molecular complexity index is 454. The minimum absolute atomic E-state index is 0.173. The number of hydrogen-bond acceptors (Lipinski definition) is 4. The largest absolute Gasteiger partial charge is 0.326 e. The summed E-state index contributed by atoms with van der Waals surface area (Å²) in [6.07, 6.45) is 5.13. The second kappa shape index (κ2) is 3.58.